The Hall–Kier alpha value is -1.96. The van der Waals surface area contributed by atoms with Crippen molar-refractivity contribution < 1.29 is 23.8 Å². The van der Waals surface area contributed by atoms with E-state index < -0.39 is 18.7 Å². The summed E-state index contributed by atoms with van der Waals surface area (Å²) in [6.07, 6.45) is 5.24. The van der Waals surface area contributed by atoms with Crippen molar-refractivity contribution in [2.75, 3.05) is 19.8 Å². The highest BCUT2D eigenvalue weighted by Gasteiger charge is 2.07. The van der Waals surface area contributed by atoms with Crippen LogP contribution in [0.4, 0.5) is 4.79 Å². The van der Waals surface area contributed by atoms with Crippen molar-refractivity contribution in [2.45, 2.75) is 0 Å². The smallest absolute Gasteiger partial charge is 0.450 e. The quantitative estimate of drug-likeness (QED) is 0.365. The van der Waals surface area contributed by atoms with Crippen LogP contribution in [0.2, 0.25) is 0 Å². The van der Waals surface area contributed by atoms with Gasteiger partial charge in [0.15, 0.2) is 13.2 Å². The summed E-state index contributed by atoms with van der Waals surface area (Å²) in [6, 6.07) is 0. The van der Waals surface area contributed by atoms with Gasteiger partial charge in [-0.3, -0.25) is 0 Å². The van der Waals surface area contributed by atoms with Crippen LogP contribution >= 0.6 is 0 Å². The predicted molar refractivity (Wildman–Crippen MR) is 47.3 cm³/mol. The van der Waals surface area contributed by atoms with Crippen molar-refractivity contribution in [2.24, 2.45) is 0 Å². The van der Waals surface area contributed by atoms with Crippen LogP contribution in [-0.2, 0) is 19.0 Å². The number of hydrogen-bond acceptors (Lipinski definition) is 5. The van der Waals surface area contributed by atoms with Crippen molar-refractivity contribution in [3.63, 3.8) is 0 Å². The minimum atomic E-state index is -0.956. The fourth-order valence-corrected chi connectivity index (χ4v) is 0.450. The number of terminal acetylenes is 1. The fourth-order valence-electron chi connectivity index (χ4n) is 0.450. The van der Waals surface area contributed by atoms with E-state index in [2.05, 4.69) is 26.7 Å². The van der Waals surface area contributed by atoms with Gasteiger partial charge in [-0.1, -0.05) is 18.6 Å². The van der Waals surface area contributed by atoms with Gasteiger partial charge in [0.25, 0.3) is 0 Å². The topological polar surface area (TPSA) is 61.8 Å². The molecule has 0 amide bonds. The van der Waals surface area contributed by atoms with Gasteiger partial charge in [0.2, 0.25) is 0 Å². The lowest BCUT2D eigenvalue weighted by atomic mass is 10.7. The number of carbonyl (C=O) groups excluding carboxylic acids is 2. The Morgan fingerprint density at radius 3 is 2.64 bits per heavy atom. The average Bonchev–Trinajstić information content (AvgIpc) is 2.20. The Kier molecular flexibility index (Phi) is 6.60. The highest BCUT2D eigenvalue weighted by Crippen LogP contribution is 1.87. The predicted octanol–water partition coefficient (Wildman–Crippen LogP) is 0.502. The molecule has 0 saturated heterocycles. The highest BCUT2D eigenvalue weighted by atomic mass is 16.7. The van der Waals surface area contributed by atoms with E-state index >= 15 is 0 Å². The third-order valence-electron chi connectivity index (χ3n) is 0.943. The van der Waals surface area contributed by atoms with E-state index in [9.17, 15) is 9.59 Å². The first kappa shape index (κ1) is 12.0. The Morgan fingerprint density at radius 1 is 1.36 bits per heavy atom. The van der Waals surface area contributed by atoms with Crippen LogP contribution in [0.25, 0.3) is 0 Å². The molecule has 0 aromatic heterocycles. The molecule has 0 radical (unpaired) electrons. The number of esters is 1. The Bertz CT molecular complexity index is 250. The first-order valence-corrected chi connectivity index (χ1v) is 3.70. The zero-order chi connectivity index (χ0) is 10.8. The van der Waals surface area contributed by atoms with E-state index in [1.807, 2.05) is 0 Å². The Balaban J connectivity index is 3.51. The SMILES string of the molecule is C#CCOC(=O)COC(=O)OCC=C. The monoisotopic (exact) mass is 198 g/mol. The van der Waals surface area contributed by atoms with E-state index in [4.69, 9.17) is 6.42 Å². The van der Waals surface area contributed by atoms with Gasteiger partial charge in [0.1, 0.15) is 6.61 Å². The number of carbonyl (C=O) groups is 2. The molecule has 0 unspecified atom stereocenters. The molecule has 0 heterocycles. The molecule has 0 spiro atoms. The standard InChI is InChI=1S/C9H10O5/c1-3-5-12-8(10)7-14-9(11)13-6-4-2/h1,4H,2,5-7H2. The van der Waals surface area contributed by atoms with Gasteiger partial charge in [-0.2, -0.15) is 0 Å². The molecular weight excluding hydrogens is 188 g/mol. The van der Waals surface area contributed by atoms with Crippen LogP contribution in [-0.4, -0.2) is 31.9 Å². The molecular formula is C9H10O5. The van der Waals surface area contributed by atoms with Crippen LogP contribution in [0, 0.1) is 12.3 Å². The van der Waals surface area contributed by atoms with Crippen molar-refractivity contribution >= 4 is 12.1 Å². The van der Waals surface area contributed by atoms with Gasteiger partial charge in [0, 0.05) is 0 Å². The summed E-state index contributed by atoms with van der Waals surface area (Å²) in [5.74, 6) is 1.37. The Labute approximate surface area is 81.6 Å². The van der Waals surface area contributed by atoms with Crippen LogP contribution in [0.1, 0.15) is 0 Å². The molecule has 5 nitrogen and oxygen atoms in total. The zero-order valence-electron chi connectivity index (χ0n) is 7.52. The van der Waals surface area contributed by atoms with E-state index in [1.54, 1.807) is 0 Å². The van der Waals surface area contributed by atoms with Gasteiger partial charge in [-0.05, 0) is 0 Å². The van der Waals surface area contributed by atoms with Crippen molar-refractivity contribution in [3.05, 3.63) is 12.7 Å². The summed E-state index contributed by atoms with van der Waals surface area (Å²) in [5, 5.41) is 0. The van der Waals surface area contributed by atoms with Gasteiger partial charge in [-0.15, -0.1) is 6.42 Å². The highest BCUT2D eigenvalue weighted by molar-refractivity contribution is 5.73. The summed E-state index contributed by atoms with van der Waals surface area (Å²) in [7, 11) is 0. The van der Waals surface area contributed by atoms with Crippen LogP contribution in [0.5, 0.6) is 0 Å². The minimum absolute atomic E-state index is 0.0260. The summed E-state index contributed by atoms with van der Waals surface area (Å²) < 4.78 is 13.2. The second-order valence-corrected chi connectivity index (χ2v) is 2.00. The molecule has 0 bridgehead atoms. The second kappa shape index (κ2) is 7.68. The van der Waals surface area contributed by atoms with Gasteiger partial charge in [0.05, 0.1) is 0 Å². The maximum absolute atomic E-state index is 10.7. The molecule has 76 valence electrons. The van der Waals surface area contributed by atoms with Gasteiger partial charge < -0.3 is 14.2 Å². The zero-order valence-corrected chi connectivity index (χ0v) is 7.52. The van der Waals surface area contributed by atoms with Crippen molar-refractivity contribution in [1.82, 2.24) is 0 Å². The molecule has 0 N–H and O–H groups in total. The van der Waals surface area contributed by atoms with E-state index in [0.29, 0.717) is 0 Å². The third-order valence-corrected chi connectivity index (χ3v) is 0.943. The average molecular weight is 198 g/mol. The molecule has 0 fully saturated rings. The van der Waals surface area contributed by atoms with Gasteiger partial charge >= 0.3 is 12.1 Å². The molecule has 0 aromatic carbocycles. The van der Waals surface area contributed by atoms with Gasteiger partial charge in [-0.25, -0.2) is 9.59 Å². The van der Waals surface area contributed by atoms with Crippen LogP contribution in [0.15, 0.2) is 12.7 Å². The lowest BCUT2D eigenvalue weighted by molar-refractivity contribution is -0.146. The molecule has 14 heavy (non-hydrogen) atoms. The molecule has 0 atom stereocenters. The lowest BCUT2D eigenvalue weighted by Gasteiger charge is -2.03. The summed E-state index contributed by atoms with van der Waals surface area (Å²) >= 11 is 0. The van der Waals surface area contributed by atoms with E-state index in [0.717, 1.165) is 0 Å². The van der Waals surface area contributed by atoms with Crippen molar-refractivity contribution in [1.29, 1.82) is 0 Å². The molecule has 0 aliphatic rings. The maximum atomic E-state index is 10.7. The fraction of sp³-hybridized carbons (Fsp3) is 0.333. The van der Waals surface area contributed by atoms with Crippen molar-refractivity contribution in [3.8, 4) is 12.3 Å². The molecule has 0 aromatic rings. The summed E-state index contributed by atoms with van der Waals surface area (Å²) in [6.45, 7) is 2.68. The molecule has 0 saturated carbocycles. The van der Waals surface area contributed by atoms with Crippen LogP contribution < -0.4 is 0 Å². The number of hydrogen-bond donors (Lipinski definition) is 0. The van der Waals surface area contributed by atoms with Crippen LogP contribution in [0.3, 0.4) is 0 Å². The largest absolute Gasteiger partial charge is 0.509 e. The molecule has 0 aliphatic carbocycles. The summed E-state index contributed by atoms with van der Waals surface area (Å²) in [4.78, 5) is 21.3. The minimum Gasteiger partial charge on any atom is -0.450 e. The first-order valence-electron chi connectivity index (χ1n) is 3.70. The third kappa shape index (κ3) is 6.73. The molecule has 0 rings (SSSR count). The van der Waals surface area contributed by atoms with E-state index in [-0.39, 0.29) is 13.2 Å². The summed E-state index contributed by atoms with van der Waals surface area (Å²) in [5.41, 5.74) is 0. The lowest BCUT2D eigenvalue weighted by Crippen LogP contribution is -2.17. The normalized spacial score (nSPS) is 8.21. The number of rotatable bonds is 5. The van der Waals surface area contributed by atoms with E-state index in [1.165, 1.54) is 6.08 Å². The maximum Gasteiger partial charge on any atom is 0.509 e. The molecule has 5 heteroatoms. The second-order valence-electron chi connectivity index (χ2n) is 2.00. The Morgan fingerprint density at radius 2 is 2.07 bits per heavy atom. The first-order chi connectivity index (χ1) is 6.70. The number of ether oxygens (including phenoxy) is 3. The molecule has 0 aliphatic heterocycles.